The average Bonchev–Trinajstić information content (AvgIpc) is 3.20. The summed E-state index contributed by atoms with van der Waals surface area (Å²) in [6.07, 6.45) is 8.02. The molecule has 202 valence electrons. The molecule has 2 saturated carbocycles. The highest BCUT2D eigenvalue weighted by Crippen LogP contribution is 2.64. The van der Waals surface area contributed by atoms with Crippen molar-refractivity contribution in [1.82, 2.24) is 5.32 Å². The molecular weight excluding hydrogens is 454 g/mol. The normalized spacial score (nSPS) is 35.2. The van der Waals surface area contributed by atoms with Gasteiger partial charge in [0.05, 0.1) is 0 Å². The fourth-order valence-corrected chi connectivity index (χ4v) is 8.99. The smallest absolute Gasteiger partial charge is 0.167 e. The SMILES string of the molecule is CC(C)c1cc(C(C)C)c(C(=O)[C@H]2CCC3C4CNC5=CC(=O)CC[C@]5(C)C4CC[C@@]32C)c(C(C)C)c1. The molecule has 6 atom stereocenters. The number of hydrogen-bond acceptors (Lipinski definition) is 3. The number of Topliss-reactive ketones (excluding diaryl/α,β-unsaturated/α-hetero) is 1. The van der Waals surface area contributed by atoms with Gasteiger partial charge in [0.25, 0.3) is 0 Å². The van der Waals surface area contributed by atoms with Crippen LogP contribution in [-0.4, -0.2) is 18.1 Å². The van der Waals surface area contributed by atoms with Gasteiger partial charge < -0.3 is 5.32 Å². The van der Waals surface area contributed by atoms with Crippen molar-refractivity contribution in [2.75, 3.05) is 6.54 Å². The van der Waals surface area contributed by atoms with Crippen LogP contribution in [0.3, 0.4) is 0 Å². The van der Waals surface area contributed by atoms with Crippen LogP contribution < -0.4 is 5.32 Å². The molecular formula is C34H49NO2. The van der Waals surface area contributed by atoms with Crippen molar-refractivity contribution in [3.63, 3.8) is 0 Å². The number of benzene rings is 1. The van der Waals surface area contributed by atoms with Gasteiger partial charge in [-0.3, -0.25) is 9.59 Å². The van der Waals surface area contributed by atoms with E-state index in [9.17, 15) is 9.59 Å². The number of piperidine rings is 1. The Bertz CT molecular complexity index is 1100. The zero-order chi connectivity index (χ0) is 26.9. The average molecular weight is 504 g/mol. The zero-order valence-electron chi connectivity index (χ0n) is 24.5. The standard InChI is InChI=1S/C34H49NO2/c1-19(2)22-15-24(20(3)4)31(25(16-22)21(5)6)32(37)29-10-9-27-26-18-35-30-17-23(36)11-13-34(30,8)28(26)12-14-33(27,29)7/h15-17,19-21,26-29,35H,9-14,18H2,1-8H3/t26?,27?,28?,29-,33+,34-/m1/s1. The molecule has 3 heteroatoms. The maximum absolute atomic E-state index is 14.7. The molecule has 1 heterocycles. The topological polar surface area (TPSA) is 46.2 Å². The summed E-state index contributed by atoms with van der Waals surface area (Å²) >= 11 is 0. The van der Waals surface area contributed by atoms with E-state index in [0.717, 1.165) is 37.8 Å². The Morgan fingerprint density at radius 1 is 0.892 bits per heavy atom. The van der Waals surface area contributed by atoms with Gasteiger partial charge in [-0.15, -0.1) is 0 Å². The number of allylic oxidation sites excluding steroid dienone is 2. The van der Waals surface area contributed by atoms with Gasteiger partial charge in [0.1, 0.15) is 0 Å². The summed E-state index contributed by atoms with van der Waals surface area (Å²) < 4.78 is 0. The second-order valence-corrected chi connectivity index (χ2v) is 14.3. The number of fused-ring (bicyclic) bond motifs is 5. The second kappa shape index (κ2) is 9.38. The Balaban J connectivity index is 1.50. The van der Waals surface area contributed by atoms with Crippen LogP contribution in [-0.2, 0) is 4.79 Å². The fourth-order valence-electron chi connectivity index (χ4n) is 8.99. The summed E-state index contributed by atoms with van der Waals surface area (Å²) in [7, 11) is 0. The van der Waals surface area contributed by atoms with Crippen molar-refractivity contribution in [1.29, 1.82) is 0 Å². The van der Waals surface area contributed by atoms with E-state index in [-0.39, 0.29) is 22.5 Å². The largest absolute Gasteiger partial charge is 0.387 e. The Morgan fingerprint density at radius 3 is 2.14 bits per heavy atom. The molecule has 1 aromatic rings. The predicted molar refractivity (Wildman–Crippen MR) is 152 cm³/mol. The van der Waals surface area contributed by atoms with E-state index in [1.165, 1.54) is 28.8 Å². The highest BCUT2D eigenvalue weighted by atomic mass is 16.1. The number of carbonyl (C=O) groups excluding carboxylic acids is 2. The van der Waals surface area contributed by atoms with E-state index in [1.807, 2.05) is 6.08 Å². The van der Waals surface area contributed by atoms with E-state index in [0.29, 0.717) is 47.7 Å². The molecule has 0 aromatic heterocycles. The summed E-state index contributed by atoms with van der Waals surface area (Å²) in [5.41, 5.74) is 6.25. The maximum atomic E-state index is 14.7. The molecule has 1 aliphatic heterocycles. The summed E-state index contributed by atoms with van der Waals surface area (Å²) in [5.74, 6) is 3.69. The third-order valence-electron chi connectivity index (χ3n) is 11.3. The Hall–Kier alpha value is -1.90. The van der Waals surface area contributed by atoms with Gasteiger partial charge in [0.15, 0.2) is 11.6 Å². The number of nitrogens with one attached hydrogen (secondary N) is 1. The van der Waals surface area contributed by atoms with E-state index >= 15 is 0 Å². The molecule has 3 aliphatic carbocycles. The van der Waals surface area contributed by atoms with Crippen LogP contribution in [0.5, 0.6) is 0 Å². The molecule has 4 aliphatic rings. The van der Waals surface area contributed by atoms with Crippen molar-refractivity contribution in [3.8, 4) is 0 Å². The molecule has 1 saturated heterocycles. The first-order chi connectivity index (χ1) is 17.4. The summed E-state index contributed by atoms with van der Waals surface area (Å²) in [6.45, 7) is 19.3. The van der Waals surface area contributed by atoms with Crippen molar-refractivity contribution < 1.29 is 9.59 Å². The second-order valence-electron chi connectivity index (χ2n) is 14.3. The Labute approximate surface area is 225 Å². The number of rotatable bonds is 5. The third-order valence-corrected chi connectivity index (χ3v) is 11.3. The van der Waals surface area contributed by atoms with Crippen LogP contribution in [0.25, 0.3) is 0 Å². The van der Waals surface area contributed by atoms with Crippen LogP contribution >= 0.6 is 0 Å². The number of hydrogen-bond donors (Lipinski definition) is 1. The predicted octanol–water partition coefficient (Wildman–Crippen LogP) is 8.15. The summed E-state index contributed by atoms with van der Waals surface area (Å²) in [4.78, 5) is 26.8. The molecule has 3 unspecified atom stereocenters. The molecule has 5 rings (SSSR count). The Morgan fingerprint density at radius 2 is 1.54 bits per heavy atom. The van der Waals surface area contributed by atoms with E-state index in [4.69, 9.17) is 0 Å². The summed E-state index contributed by atoms with van der Waals surface area (Å²) in [5, 5.41) is 3.72. The van der Waals surface area contributed by atoms with Gasteiger partial charge in [-0.2, -0.15) is 0 Å². The first-order valence-electron chi connectivity index (χ1n) is 15.1. The van der Waals surface area contributed by atoms with Crippen molar-refractivity contribution in [2.45, 2.75) is 112 Å². The molecule has 3 nitrogen and oxygen atoms in total. The van der Waals surface area contributed by atoms with Crippen LogP contribution in [0.2, 0.25) is 0 Å². The van der Waals surface area contributed by atoms with Crippen molar-refractivity contribution in [2.24, 2.45) is 34.5 Å². The van der Waals surface area contributed by atoms with Crippen LogP contribution in [0, 0.1) is 34.5 Å². The first-order valence-corrected chi connectivity index (χ1v) is 15.1. The molecule has 1 aromatic carbocycles. The minimum atomic E-state index is 0.0568. The van der Waals surface area contributed by atoms with E-state index in [2.05, 4.69) is 72.8 Å². The highest BCUT2D eigenvalue weighted by Gasteiger charge is 2.60. The minimum absolute atomic E-state index is 0.0568. The minimum Gasteiger partial charge on any atom is -0.387 e. The van der Waals surface area contributed by atoms with Gasteiger partial charge in [-0.25, -0.2) is 0 Å². The fraction of sp³-hybridized carbons (Fsp3) is 0.706. The van der Waals surface area contributed by atoms with E-state index in [1.54, 1.807) is 0 Å². The molecule has 1 N–H and O–H groups in total. The lowest BCUT2D eigenvalue weighted by Gasteiger charge is -2.58. The zero-order valence-corrected chi connectivity index (χ0v) is 24.5. The first kappa shape index (κ1) is 26.7. The van der Waals surface area contributed by atoms with Gasteiger partial charge in [-0.05, 0) is 89.7 Å². The van der Waals surface area contributed by atoms with Gasteiger partial charge in [-0.1, -0.05) is 67.5 Å². The Kier molecular flexibility index (Phi) is 6.77. The van der Waals surface area contributed by atoms with Gasteiger partial charge in [0.2, 0.25) is 0 Å². The van der Waals surface area contributed by atoms with E-state index < -0.39 is 0 Å². The van der Waals surface area contributed by atoms with Crippen LogP contribution in [0.15, 0.2) is 23.9 Å². The molecule has 3 fully saturated rings. The number of ketones is 2. The molecule has 37 heavy (non-hydrogen) atoms. The lowest BCUT2D eigenvalue weighted by Crippen LogP contribution is -2.57. The lowest BCUT2D eigenvalue weighted by atomic mass is 9.49. The third kappa shape index (κ3) is 4.14. The van der Waals surface area contributed by atoms with Gasteiger partial charge in [0, 0.05) is 41.6 Å². The molecule has 0 spiro atoms. The lowest BCUT2D eigenvalue weighted by molar-refractivity contribution is -0.117. The highest BCUT2D eigenvalue weighted by molar-refractivity contribution is 6.01. The molecule has 0 radical (unpaired) electrons. The van der Waals surface area contributed by atoms with Crippen molar-refractivity contribution in [3.05, 3.63) is 46.2 Å². The quantitative estimate of drug-likeness (QED) is 0.412. The summed E-state index contributed by atoms with van der Waals surface area (Å²) in [6, 6.07) is 4.68. The van der Waals surface area contributed by atoms with Gasteiger partial charge >= 0.3 is 0 Å². The van der Waals surface area contributed by atoms with Crippen molar-refractivity contribution >= 4 is 11.6 Å². The molecule has 0 bridgehead atoms. The monoisotopic (exact) mass is 503 g/mol. The maximum Gasteiger partial charge on any atom is 0.167 e. The number of carbonyl (C=O) groups is 2. The molecule has 0 amide bonds. The van der Waals surface area contributed by atoms with Crippen LogP contribution in [0.4, 0.5) is 0 Å². The van der Waals surface area contributed by atoms with Crippen LogP contribution in [0.1, 0.15) is 139 Å².